The van der Waals surface area contributed by atoms with Gasteiger partial charge < -0.3 is 5.11 Å². The second-order valence-electron chi connectivity index (χ2n) is 1.64. The van der Waals surface area contributed by atoms with Crippen LogP contribution < -0.4 is 0 Å². The van der Waals surface area contributed by atoms with Crippen molar-refractivity contribution in [3.8, 4) is 0 Å². The number of carboxylic acids is 1. The molecule has 1 N–H and O–H groups in total. The average Bonchev–Trinajstić information content (AvgIpc) is 2.12. The van der Waals surface area contributed by atoms with Crippen LogP contribution in [0.2, 0.25) is 0 Å². The molecule has 0 saturated carbocycles. The molecule has 0 amide bonds. The summed E-state index contributed by atoms with van der Waals surface area (Å²) < 4.78 is 0. The molecule has 3 heteroatoms. The minimum absolute atomic E-state index is 0.00463. The van der Waals surface area contributed by atoms with Crippen LogP contribution in [0.15, 0.2) is 35.2 Å². The lowest BCUT2D eigenvalue weighted by Crippen LogP contribution is -2.08. The van der Waals surface area contributed by atoms with Crippen LogP contribution in [-0.2, 0) is 4.79 Å². The first-order valence-electron chi connectivity index (χ1n) is 2.69. The predicted octanol–water partition coefficient (Wildman–Crippen LogP) is 0.751. The van der Waals surface area contributed by atoms with E-state index in [1.165, 1.54) is 12.3 Å². The summed E-state index contributed by atoms with van der Waals surface area (Å²) in [7, 11) is 0. The number of aliphatic carboxylic acids is 1. The van der Waals surface area contributed by atoms with Gasteiger partial charge in [-0.1, -0.05) is 0 Å². The van der Waals surface area contributed by atoms with Crippen molar-refractivity contribution in [3.05, 3.63) is 30.2 Å². The van der Waals surface area contributed by atoms with Crippen LogP contribution in [0.1, 0.15) is 0 Å². The molecule has 1 heterocycles. The fourth-order valence-corrected chi connectivity index (χ4v) is 0.503. The van der Waals surface area contributed by atoms with Gasteiger partial charge in [-0.25, -0.2) is 9.79 Å². The average molecular weight is 135 g/mol. The van der Waals surface area contributed by atoms with Crippen LogP contribution in [0.3, 0.4) is 0 Å². The summed E-state index contributed by atoms with van der Waals surface area (Å²) in [5, 5.41) is 8.41. The lowest BCUT2D eigenvalue weighted by Gasteiger charge is -1.85. The first-order chi connectivity index (χ1) is 4.80. The third-order valence-corrected chi connectivity index (χ3v) is 0.931. The SMILES string of the molecule is O=C(O)C1=NC=CC=C=C1. The van der Waals surface area contributed by atoms with E-state index in [1.54, 1.807) is 12.2 Å². The molecule has 0 fully saturated rings. The van der Waals surface area contributed by atoms with Crippen LogP contribution in [0.4, 0.5) is 0 Å². The summed E-state index contributed by atoms with van der Waals surface area (Å²) in [5.74, 6) is -1.03. The van der Waals surface area contributed by atoms with E-state index in [0.29, 0.717) is 0 Å². The highest BCUT2D eigenvalue weighted by Crippen LogP contribution is 1.89. The molecule has 0 aromatic carbocycles. The summed E-state index contributed by atoms with van der Waals surface area (Å²) >= 11 is 0. The van der Waals surface area contributed by atoms with Crippen LogP contribution >= 0.6 is 0 Å². The zero-order chi connectivity index (χ0) is 7.40. The Morgan fingerprint density at radius 3 is 3.20 bits per heavy atom. The molecule has 1 rings (SSSR count). The highest BCUT2D eigenvalue weighted by Gasteiger charge is 2.02. The molecule has 0 unspecified atom stereocenters. The predicted molar refractivity (Wildman–Crippen MR) is 36.9 cm³/mol. The maximum atomic E-state index is 10.3. The third-order valence-electron chi connectivity index (χ3n) is 0.931. The van der Waals surface area contributed by atoms with Crippen LogP contribution in [0, 0.1) is 0 Å². The van der Waals surface area contributed by atoms with Gasteiger partial charge in [0.25, 0.3) is 0 Å². The van der Waals surface area contributed by atoms with Gasteiger partial charge in [0.15, 0.2) is 5.71 Å². The maximum absolute atomic E-state index is 10.3. The maximum Gasteiger partial charge on any atom is 0.355 e. The summed E-state index contributed by atoms with van der Waals surface area (Å²) in [6.07, 6.45) is 5.95. The first kappa shape index (κ1) is 6.52. The van der Waals surface area contributed by atoms with Gasteiger partial charge >= 0.3 is 5.97 Å². The number of carbonyl (C=O) groups is 1. The van der Waals surface area contributed by atoms with Crippen LogP contribution in [0.25, 0.3) is 0 Å². The largest absolute Gasteiger partial charge is 0.476 e. The molecule has 0 aromatic heterocycles. The molecule has 0 aromatic rings. The molecular weight excluding hydrogens is 130 g/mol. The van der Waals surface area contributed by atoms with Crippen molar-refractivity contribution >= 4 is 11.7 Å². The topological polar surface area (TPSA) is 49.7 Å². The molecule has 0 spiro atoms. The molecule has 0 aliphatic carbocycles. The lowest BCUT2D eigenvalue weighted by atomic mass is 10.3. The van der Waals surface area contributed by atoms with Crippen LogP contribution in [-0.4, -0.2) is 16.8 Å². The molecule has 0 saturated heterocycles. The van der Waals surface area contributed by atoms with E-state index >= 15 is 0 Å². The Morgan fingerprint density at radius 1 is 1.70 bits per heavy atom. The second kappa shape index (κ2) is 2.80. The molecule has 1 aliphatic rings. The Hall–Kier alpha value is -1.60. The van der Waals surface area contributed by atoms with Gasteiger partial charge in [-0.2, -0.15) is 0 Å². The lowest BCUT2D eigenvalue weighted by molar-refractivity contribution is -0.129. The number of nitrogens with zero attached hydrogens (tertiary/aromatic N) is 1. The molecule has 50 valence electrons. The van der Waals surface area contributed by atoms with Gasteiger partial charge in [0.1, 0.15) is 0 Å². The van der Waals surface area contributed by atoms with Crippen molar-refractivity contribution in [2.24, 2.45) is 4.99 Å². The fraction of sp³-hybridized carbons (Fsp3) is 0. The number of allylic oxidation sites excluding steroid dienone is 1. The molecular formula is C7H5NO2. The van der Waals surface area contributed by atoms with Gasteiger partial charge in [0.2, 0.25) is 0 Å². The second-order valence-corrected chi connectivity index (χ2v) is 1.64. The number of rotatable bonds is 1. The molecule has 3 nitrogen and oxygen atoms in total. The fourth-order valence-electron chi connectivity index (χ4n) is 0.503. The zero-order valence-corrected chi connectivity index (χ0v) is 5.11. The minimum Gasteiger partial charge on any atom is -0.476 e. The summed E-state index contributed by atoms with van der Waals surface area (Å²) in [6.45, 7) is 0. The van der Waals surface area contributed by atoms with E-state index in [-0.39, 0.29) is 5.71 Å². The molecule has 10 heavy (non-hydrogen) atoms. The van der Waals surface area contributed by atoms with E-state index in [0.717, 1.165) is 0 Å². The van der Waals surface area contributed by atoms with Gasteiger partial charge in [0, 0.05) is 12.3 Å². The van der Waals surface area contributed by atoms with Crippen molar-refractivity contribution in [2.75, 3.05) is 0 Å². The Bertz CT molecular complexity index is 267. The zero-order valence-electron chi connectivity index (χ0n) is 5.11. The number of aliphatic imine (C=N–C) groups is 1. The summed E-state index contributed by atoms with van der Waals surface area (Å²) in [4.78, 5) is 13.9. The Kier molecular flexibility index (Phi) is 1.83. The van der Waals surface area contributed by atoms with Crippen molar-refractivity contribution in [1.82, 2.24) is 0 Å². The van der Waals surface area contributed by atoms with Crippen molar-refractivity contribution < 1.29 is 9.90 Å². The monoisotopic (exact) mass is 135 g/mol. The van der Waals surface area contributed by atoms with E-state index in [9.17, 15) is 4.79 Å². The number of hydrogen-bond donors (Lipinski definition) is 1. The number of hydrogen-bond acceptors (Lipinski definition) is 2. The molecule has 0 bridgehead atoms. The highest BCUT2D eigenvalue weighted by molar-refractivity contribution is 6.40. The molecule has 1 aliphatic heterocycles. The number of carboxylic acid groups (broad SMARTS) is 1. The van der Waals surface area contributed by atoms with Crippen molar-refractivity contribution in [1.29, 1.82) is 0 Å². The van der Waals surface area contributed by atoms with Gasteiger partial charge in [-0.15, -0.1) is 5.73 Å². The highest BCUT2D eigenvalue weighted by atomic mass is 16.4. The minimum atomic E-state index is -1.03. The summed E-state index contributed by atoms with van der Waals surface area (Å²) in [5.41, 5.74) is 2.63. The van der Waals surface area contributed by atoms with Gasteiger partial charge in [-0.05, 0) is 12.2 Å². The Morgan fingerprint density at radius 2 is 2.50 bits per heavy atom. The quantitative estimate of drug-likeness (QED) is 0.539. The molecule has 0 atom stereocenters. The van der Waals surface area contributed by atoms with E-state index < -0.39 is 5.97 Å². The Balaban J connectivity index is 2.97. The van der Waals surface area contributed by atoms with Crippen molar-refractivity contribution in [2.45, 2.75) is 0 Å². The van der Waals surface area contributed by atoms with Crippen LogP contribution in [0.5, 0.6) is 0 Å². The van der Waals surface area contributed by atoms with Gasteiger partial charge in [0.05, 0.1) is 0 Å². The third kappa shape index (κ3) is 1.44. The smallest absolute Gasteiger partial charge is 0.355 e. The Labute approximate surface area is 57.7 Å². The molecule has 0 radical (unpaired) electrons. The van der Waals surface area contributed by atoms with E-state index in [1.807, 2.05) is 0 Å². The normalized spacial score (nSPS) is 14.6. The standard InChI is InChI=1S/C7H5NO2/c9-7(10)6-4-2-1-3-5-8-6/h1,3-5H,(H,9,10). The van der Waals surface area contributed by atoms with E-state index in [4.69, 9.17) is 5.11 Å². The summed E-state index contributed by atoms with van der Waals surface area (Å²) in [6, 6.07) is 0. The van der Waals surface area contributed by atoms with Crippen molar-refractivity contribution in [3.63, 3.8) is 0 Å². The van der Waals surface area contributed by atoms with Gasteiger partial charge in [-0.3, -0.25) is 0 Å². The first-order valence-corrected chi connectivity index (χ1v) is 2.69. The van der Waals surface area contributed by atoms with E-state index in [2.05, 4.69) is 10.7 Å².